The number of nitrogen functional groups attached to an aromatic ring is 1. The number of thiazole rings is 1. The maximum Gasteiger partial charge on any atom is 0.272 e. The first-order valence-electron chi connectivity index (χ1n) is 7.10. The van der Waals surface area contributed by atoms with Crippen LogP contribution in [0, 0.1) is 17.0 Å². The monoisotopic (exact) mass is 357 g/mol. The lowest BCUT2D eigenvalue weighted by atomic mass is 10.2. The Morgan fingerprint density at radius 3 is 2.56 bits per heavy atom. The van der Waals surface area contributed by atoms with Crippen molar-refractivity contribution in [2.24, 2.45) is 0 Å². The molecule has 0 amide bonds. The minimum Gasteiger partial charge on any atom is -0.382 e. The molecular weight excluding hydrogens is 342 g/mol. The van der Waals surface area contributed by atoms with Crippen LogP contribution < -0.4 is 11.1 Å². The Balaban J connectivity index is 0.000000196. The molecule has 9 heteroatoms. The molecule has 0 spiro atoms. The number of rotatable bonds is 4. The molecule has 3 N–H and O–H groups in total. The predicted octanol–water partition coefficient (Wildman–Crippen LogP) is 3.58. The molecule has 0 aliphatic carbocycles. The number of aldehydes is 1. The zero-order valence-electron chi connectivity index (χ0n) is 13.2. The van der Waals surface area contributed by atoms with E-state index in [1.807, 2.05) is 6.07 Å². The molecule has 0 saturated carbocycles. The Labute approximate surface area is 147 Å². The van der Waals surface area contributed by atoms with Gasteiger partial charge in [0.25, 0.3) is 5.69 Å². The molecule has 0 unspecified atom stereocenters. The number of nitrogens with one attached hydrogen (secondary N) is 1. The Morgan fingerprint density at radius 2 is 2.04 bits per heavy atom. The first-order chi connectivity index (χ1) is 12.0. The van der Waals surface area contributed by atoms with Crippen molar-refractivity contribution in [3.63, 3.8) is 0 Å². The van der Waals surface area contributed by atoms with Gasteiger partial charge < -0.3 is 11.1 Å². The molecule has 2 heterocycles. The number of hydrogen-bond acceptors (Lipinski definition) is 8. The van der Waals surface area contributed by atoms with E-state index in [-0.39, 0.29) is 16.4 Å². The average molecular weight is 357 g/mol. The van der Waals surface area contributed by atoms with Crippen LogP contribution in [0.2, 0.25) is 0 Å². The maximum absolute atomic E-state index is 10.5. The number of carbonyl (C=O) groups excluding carboxylic acids is 1. The lowest BCUT2D eigenvalue weighted by Gasteiger charge is -1.99. The molecule has 0 fully saturated rings. The minimum absolute atomic E-state index is 0.183. The van der Waals surface area contributed by atoms with Crippen LogP contribution in [-0.2, 0) is 0 Å². The number of carbonyl (C=O) groups is 1. The molecule has 0 aliphatic heterocycles. The number of hydrogen-bond donors (Lipinski definition) is 2. The summed E-state index contributed by atoms with van der Waals surface area (Å²) in [6.45, 7) is 1.72. The molecule has 3 rings (SSSR count). The van der Waals surface area contributed by atoms with Crippen molar-refractivity contribution in [3.05, 3.63) is 69.3 Å². The van der Waals surface area contributed by atoms with E-state index in [4.69, 9.17) is 5.73 Å². The van der Waals surface area contributed by atoms with Crippen LogP contribution >= 0.6 is 11.3 Å². The van der Waals surface area contributed by atoms with Gasteiger partial charge in [-0.1, -0.05) is 29.5 Å². The van der Waals surface area contributed by atoms with Crippen LogP contribution in [0.5, 0.6) is 0 Å². The summed E-state index contributed by atoms with van der Waals surface area (Å²) in [7, 11) is 0. The zero-order chi connectivity index (χ0) is 18.2. The van der Waals surface area contributed by atoms with E-state index in [0.29, 0.717) is 21.9 Å². The minimum atomic E-state index is -0.380. The first kappa shape index (κ1) is 18.0. The van der Waals surface area contributed by atoms with E-state index in [9.17, 15) is 14.9 Å². The Hall–Kier alpha value is -3.33. The number of benzene rings is 1. The Bertz CT molecular complexity index is 867. The van der Waals surface area contributed by atoms with E-state index < -0.39 is 0 Å². The second kappa shape index (κ2) is 8.50. The average Bonchev–Trinajstić information content (AvgIpc) is 2.96. The molecule has 0 radical (unpaired) electrons. The van der Waals surface area contributed by atoms with Crippen LogP contribution in [0.4, 0.5) is 22.3 Å². The van der Waals surface area contributed by atoms with E-state index in [1.54, 1.807) is 43.6 Å². The van der Waals surface area contributed by atoms with Gasteiger partial charge >= 0.3 is 0 Å². The van der Waals surface area contributed by atoms with Gasteiger partial charge in [-0.2, -0.15) is 0 Å². The SMILES string of the molecule is Cc1ccccc1[N+](=O)[O-].Nc1nc(Nc2cccnc2)sc1C=O. The second-order valence-electron chi connectivity index (χ2n) is 4.80. The predicted molar refractivity (Wildman–Crippen MR) is 97.3 cm³/mol. The quantitative estimate of drug-likeness (QED) is 0.415. The normalized spacial score (nSPS) is 9.64. The molecule has 0 atom stereocenters. The number of nitrogens with zero attached hydrogens (tertiary/aromatic N) is 3. The van der Waals surface area contributed by atoms with Gasteiger partial charge in [-0.25, -0.2) is 4.98 Å². The third kappa shape index (κ3) is 5.08. The number of anilines is 3. The number of pyridine rings is 1. The summed E-state index contributed by atoms with van der Waals surface area (Å²) in [5.74, 6) is 0.251. The fourth-order valence-electron chi connectivity index (χ4n) is 1.81. The molecule has 1 aromatic carbocycles. The van der Waals surface area contributed by atoms with Crippen LogP contribution in [-0.4, -0.2) is 21.2 Å². The van der Waals surface area contributed by atoms with Crippen molar-refractivity contribution in [1.29, 1.82) is 0 Å². The lowest BCUT2D eigenvalue weighted by Crippen LogP contribution is -1.91. The van der Waals surface area contributed by atoms with Gasteiger partial charge in [0.2, 0.25) is 0 Å². The molecule has 0 bridgehead atoms. The summed E-state index contributed by atoms with van der Waals surface area (Å²) in [4.78, 5) is 28.8. The fourth-order valence-corrected chi connectivity index (χ4v) is 2.53. The van der Waals surface area contributed by atoms with E-state index in [2.05, 4.69) is 15.3 Å². The van der Waals surface area contributed by atoms with Crippen molar-refractivity contribution >= 4 is 39.9 Å². The number of para-hydroxylation sites is 1. The topological polar surface area (TPSA) is 124 Å². The fraction of sp³-hybridized carbons (Fsp3) is 0.0625. The number of nitro benzene ring substituents is 1. The number of nitro groups is 1. The molecular formula is C16H15N5O3S. The highest BCUT2D eigenvalue weighted by Gasteiger charge is 2.07. The van der Waals surface area contributed by atoms with Crippen LogP contribution in [0.3, 0.4) is 0 Å². The van der Waals surface area contributed by atoms with Gasteiger partial charge in [0.15, 0.2) is 11.4 Å². The molecule has 0 saturated heterocycles. The third-order valence-electron chi connectivity index (χ3n) is 3.01. The van der Waals surface area contributed by atoms with E-state index >= 15 is 0 Å². The van der Waals surface area contributed by atoms with Crippen LogP contribution in [0.15, 0.2) is 48.8 Å². The van der Waals surface area contributed by atoms with Gasteiger partial charge in [0, 0.05) is 17.8 Å². The summed E-state index contributed by atoms with van der Waals surface area (Å²) >= 11 is 1.21. The molecule has 25 heavy (non-hydrogen) atoms. The van der Waals surface area contributed by atoms with Gasteiger partial charge in [0.05, 0.1) is 16.8 Å². The molecule has 8 nitrogen and oxygen atoms in total. The highest BCUT2D eigenvalue weighted by atomic mass is 32.1. The molecule has 128 valence electrons. The maximum atomic E-state index is 10.5. The van der Waals surface area contributed by atoms with Gasteiger partial charge in [-0.3, -0.25) is 19.9 Å². The smallest absolute Gasteiger partial charge is 0.272 e. The summed E-state index contributed by atoms with van der Waals surface area (Å²) in [5.41, 5.74) is 7.21. The summed E-state index contributed by atoms with van der Waals surface area (Å²) < 4.78 is 0. The largest absolute Gasteiger partial charge is 0.382 e. The second-order valence-corrected chi connectivity index (χ2v) is 5.83. The number of nitrogens with two attached hydrogens (primary N) is 1. The highest BCUT2D eigenvalue weighted by molar-refractivity contribution is 7.17. The van der Waals surface area contributed by atoms with E-state index in [0.717, 1.165) is 5.69 Å². The van der Waals surface area contributed by atoms with Crippen molar-refractivity contribution in [1.82, 2.24) is 9.97 Å². The highest BCUT2D eigenvalue weighted by Crippen LogP contribution is 2.25. The van der Waals surface area contributed by atoms with E-state index in [1.165, 1.54) is 17.4 Å². The van der Waals surface area contributed by atoms with Gasteiger partial charge in [-0.15, -0.1) is 0 Å². The van der Waals surface area contributed by atoms with Gasteiger partial charge in [0.1, 0.15) is 10.7 Å². The van der Waals surface area contributed by atoms with Crippen LogP contribution in [0.25, 0.3) is 0 Å². The summed E-state index contributed by atoms with van der Waals surface area (Å²) in [5, 5.41) is 13.8. The third-order valence-corrected chi connectivity index (χ3v) is 3.93. The Morgan fingerprint density at radius 1 is 1.28 bits per heavy atom. The van der Waals surface area contributed by atoms with Crippen LogP contribution in [0.1, 0.15) is 15.2 Å². The molecule has 2 aromatic heterocycles. The molecule has 3 aromatic rings. The van der Waals surface area contributed by atoms with Gasteiger partial charge in [-0.05, 0) is 19.1 Å². The Kier molecular flexibility index (Phi) is 6.13. The van der Waals surface area contributed by atoms with Crippen molar-refractivity contribution in [2.45, 2.75) is 6.92 Å². The standard InChI is InChI=1S/C9H8N4OS.C7H7NO2/c10-8-7(5-14)15-9(13-8)12-6-2-1-3-11-4-6;1-6-4-2-3-5-7(6)8(9)10/h1-5H,10H2,(H,12,13);2-5H,1H3. The summed E-state index contributed by atoms with van der Waals surface area (Å²) in [6, 6.07) is 10.3. The van der Waals surface area contributed by atoms with Crippen molar-refractivity contribution in [2.75, 3.05) is 11.1 Å². The van der Waals surface area contributed by atoms with Crippen molar-refractivity contribution in [3.8, 4) is 0 Å². The van der Waals surface area contributed by atoms with Crippen molar-refractivity contribution < 1.29 is 9.72 Å². The zero-order valence-corrected chi connectivity index (χ0v) is 14.1. The first-order valence-corrected chi connectivity index (χ1v) is 7.91. The lowest BCUT2D eigenvalue weighted by molar-refractivity contribution is -0.385. The molecule has 0 aliphatic rings. The number of aromatic nitrogens is 2. The summed E-state index contributed by atoms with van der Waals surface area (Å²) in [6.07, 6.45) is 4.04. The number of aryl methyl sites for hydroxylation is 1.